The molecule has 2 heterocycles. The van der Waals surface area contributed by atoms with Gasteiger partial charge in [-0.1, -0.05) is 24.1 Å². The molecule has 1 amide bonds. The highest BCUT2D eigenvalue weighted by Crippen LogP contribution is 2.21. The number of para-hydroxylation sites is 1. The van der Waals surface area contributed by atoms with Gasteiger partial charge in [0.1, 0.15) is 6.61 Å². The number of terminal acetylenes is 1. The zero-order chi connectivity index (χ0) is 17.6. The minimum Gasteiger partial charge on any atom is -0.368 e. The Balaban J connectivity index is 1.71. The minimum absolute atomic E-state index is 0.0429. The number of rotatable bonds is 5. The fourth-order valence-electron chi connectivity index (χ4n) is 3.29. The van der Waals surface area contributed by atoms with Gasteiger partial charge < -0.3 is 9.64 Å². The number of likely N-dealkylation sites (tertiary alicyclic amines) is 1. The van der Waals surface area contributed by atoms with Crippen molar-refractivity contribution in [3.05, 3.63) is 47.8 Å². The van der Waals surface area contributed by atoms with E-state index in [0.29, 0.717) is 31.2 Å². The number of nitrogens with zero attached hydrogens (tertiary/aromatic N) is 3. The highest BCUT2D eigenvalue weighted by atomic mass is 16.5. The summed E-state index contributed by atoms with van der Waals surface area (Å²) in [5.41, 5.74) is 2.48. The average Bonchev–Trinajstić information content (AvgIpc) is 3.04. The van der Waals surface area contributed by atoms with Crippen molar-refractivity contribution in [2.45, 2.75) is 19.8 Å². The number of aromatic nitrogens is 2. The molecule has 130 valence electrons. The minimum atomic E-state index is 0.0429. The first-order valence-corrected chi connectivity index (χ1v) is 8.61. The summed E-state index contributed by atoms with van der Waals surface area (Å²) >= 11 is 0. The molecule has 3 rings (SSSR count). The molecule has 5 heteroatoms. The Bertz CT molecular complexity index is 761. The lowest BCUT2D eigenvalue weighted by Crippen LogP contribution is -2.41. The van der Waals surface area contributed by atoms with Gasteiger partial charge in [0, 0.05) is 19.0 Å². The first-order chi connectivity index (χ1) is 12.2. The maximum atomic E-state index is 12.9. The Morgan fingerprint density at radius 1 is 1.40 bits per heavy atom. The fourth-order valence-corrected chi connectivity index (χ4v) is 3.29. The molecule has 0 spiro atoms. The van der Waals surface area contributed by atoms with E-state index in [4.69, 9.17) is 11.2 Å². The first kappa shape index (κ1) is 17.2. The lowest BCUT2D eigenvalue weighted by atomic mass is 9.98. The van der Waals surface area contributed by atoms with Gasteiger partial charge in [-0.25, -0.2) is 4.68 Å². The molecule has 1 aliphatic rings. The summed E-state index contributed by atoms with van der Waals surface area (Å²) in [6.45, 7) is 4.36. The number of hydrogen-bond donors (Lipinski definition) is 0. The van der Waals surface area contributed by atoms with Crippen LogP contribution in [0, 0.1) is 25.2 Å². The van der Waals surface area contributed by atoms with Crippen LogP contribution in [0.1, 0.15) is 28.9 Å². The fraction of sp³-hybridized carbons (Fsp3) is 0.400. The second-order valence-electron chi connectivity index (χ2n) is 6.37. The highest BCUT2D eigenvalue weighted by Gasteiger charge is 2.27. The van der Waals surface area contributed by atoms with Gasteiger partial charge in [0.05, 0.1) is 29.7 Å². The van der Waals surface area contributed by atoms with Gasteiger partial charge in [0.25, 0.3) is 5.91 Å². The van der Waals surface area contributed by atoms with Gasteiger partial charge in [0.15, 0.2) is 0 Å². The Labute approximate surface area is 148 Å². The maximum Gasteiger partial charge on any atom is 0.257 e. The summed E-state index contributed by atoms with van der Waals surface area (Å²) in [5.74, 6) is 2.87. The topological polar surface area (TPSA) is 47.4 Å². The van der Waals surface area contributed by atoms with Gasteiger partial charge in [-0.05, 0) is 31.9 Å². The Morgan fingerprint density at radius 2 is 2.20 bits per heavy atom. The molecule has 5 nitrogen and oxygen atoms in total. The van der Waals surface area contributed by atoms with Crippen LogP contribution in [0.25, 0.3) is 5.69 Å². The molecule has 0 saturated carbocycles. The molecule has 1 aliphatic heterocycles. The number of hydrogen-bond acceptors (Lipinski definition) is 3. The molecule has 1 aromatic carbocycles. The Morgan fingerprint density at radius 3 is 2.96 bits per heavy atom. The smallest absolute Gasteiger partial charge is 0.257 e. The Kier molecular flexibility index (Phi) is 5.52. The predicted octanol–water partition coefficient (Wildman–Crippen LogP) is 2.68. The van der Waals surface area contributed by atoms with Crippen LogP contribution in [0.5, 0.6) is 0 Å². The molecule has 2 aromatic rings. The molecular weight excluding hydrogens is 314 g/mol. The number of piperidine rings is 1. The van der Waals surface area contributed by atoms with Gasteiger partial charge >= 0.3 is 0 Å². The van der Waals surface area contributed by atoms with E-state index in [1.54, 1.807) is 6.20 Å². The van der Waals surface area contributed by atoms with Gasteiger partial charge in [-0.15, -0.1) is 6.42 Å². The van der Waals surface area contributed by atoms with Crippen LogP contribution in [-0.4, -0.2) is 46.9 Å². The van der Waals surface area contributed by atoms with Gasteiger partial charge in [-0.2, -0.15) is 5.10 Å². The molecule has 1 unspecified atom stereocenters. The van der Waals surface area contributed by atoms with Crippen molar-refractivity contribution >= 4 is 5.91 Å². The largest absolute Gasteiger partial charge is 0.368 e. The van der Waals surface area contributed by atoms with E-state index in [9.17, 15) is 4.79 Å². The quantitative estimate of drug-likeness (QED) is 0.622. The summed E-state index contributed by atoms with van der Waals surface area (Å²) in [6.07, 6.45) is 8.94. The summed E-state index contributed by atoms with van der Waals surface area (Å²) < 4.78 is 7.26. The van der Waals surface area contributed by atoms with E-state index in [2.05, 4.69) is 11.0 Å². The van der Waals surface area contributed by atoms with Crippen molar-refractivity contribution in [3.63, 3.8) is 0 Å². The van der Waals surface area contributed by atoms with E-state index >= 15 is 0 Å². The van der Waals surface area contributed by atoms with E-state index in [-0.39, 0.29) is 5.91 Å². The molecule has 0 N–H and O–H groups in total. The third kappa shape index (κ3) is 3.92. The van der Waals surface area contributed by atoms with Gasteiger partial charge in [0.2, 0.25) is 0 Å². The SMILES string of the molecule is C#CCOCC1CCCN(C(=O)c2cnn(-c3ccccc3)c2C)C1. The molecule has 1 atom stereocenters. The standard InChI is InChI=1S/C20H23N3O2/c1-3-12-25-15-17-8-7-11-22(14-17)20(24)19-13-21-23(16(19)2)18-9-5-4-6-10-18/h1,4-6,9-10,13,17H,7-8,11-12,14-15H2,2H3. The maximum absolute atomic E-state index is 12.9. The number of carbonyl (C=O) groups is 1. The van der Waals surface area contributed by atoms with Crippen LogP contribution in [0.3, 0.4) is 0 Å². The molecule has 0 radical (unpaired) electrons. The molecular formula is C20H23N3O2. The normalized spacial score (nSPS) is 17.3. The zero-order valence-corrected chi connectivity index (χ0v) is 14.5. The number of ether oxygens (including phenoxy) is 1. The van der Waals surface area contributed by atoms with Crippen molar-refractivity contribution in [1.82, 2.24) is 14.7 Å². The predicted molar refractivity (Wildman–Crippen MR) is 96.6 cm³/mol. The second kappa shape index (κ2) is 8.00. The number of amides is 1. The van der Waals surface area contributed by atoms with Crippen LogP contribution < -0.4 is 0 Å². The van der Waals surface area contributed by atoms with Crippen LogP contribution in [-0.2, 0) is 4.74 Å². The first-order valence-electron chi connectivity index (χ1n) is 8.61. The summed E-state index contributed by atoms with van der Waals surface area (Å²) in [7, 11) is 0. The van der Waals surface area contributed by atoms with Crippen LogP contribution in [0.4, 0.5) is 0 Å². The van der Waals surface area contributed by atoms with E-state index < -0.39 is 0 Å². The lowest BCUT2D eigenvalue weighted by molar-refractivity contribution is 0.0533. The average molecular weight is 337 g/mol. The van der Waals surface area contributed by atoms with Crippen LogP contribution in [0.15, 0.2) is 36.5 Å². The van der Waals surface area contributed by atoms with Crippen molar-refractivity contribution in [1.29, 1.82) is 0 Å². The monoisotopic (exact) mass is 337 g/mol. The van der Waals surface area contributed by atoms with Crippen molar-refractivity contribution in [3.8, 4) is 18.0 Å². The molecule has 25 heavy (non-hydrogen) atoms. The van der Waals surface area contributed by atoms with Crippen LogP contribution >= 0.6 is 0 Å². The highest BCUT2D eigenvalue weighted by molar-refractivity contribution is 5.95. The molecule has 1 saturated heterocycles. The molecule has 1 aromatic heterocycles. The zero-order valence-electron chi connectivity index (χ0n) is 14.5. The summed E-state index contributed by atoms with van der Waals surface area (Å²) in [6, 6.07) is 9.85. The van der Waals surface area contributed by atoms with Crippen molar-refractivity contribution in [2.24, 2.45) is 5.92 Å². The lowest BCUT2D eigenvalue weighted by Gasteiger charge is -2.32. The summed E-state index contributed by atoms with van der Waals surface area (Å²) in [5, 5.41) is 4.40. The van der Waals surface area contributed by atoms with Gasteiger partial charge in [-0.3, -0.25) is 4.79 Å². The molecule has 0 bridgehead atoms. The van der Waals surface area contributed by atoms with E-state index in [1.165, 1.54) is 0 Å². The van der Waals surface area contributed by atoms with Crippen molar-refractivity contribution in [2.75, 3.05) is 26.3 Å². The molecule has 0 aliphatic carbocycles. The Hall–Kier alpha value is -2.58. The summed E-state index contributed by atoms with van der Waals surface area (Å²) in [4.78, 5) is 14.8. The van der Waals surface area contributed by atoms with E-state index in [0.717, 1.165) is 30.8 Å². The number of carbonyl (C=O) groups excluding carboxylic acids is 1. The molecule has 1 fully saturated rings. The third-order valence-electron chi connectivity index (χ3n) is 4.59. The van der Waals surface area contributed by atoms with Crippen LogP contribution in [0.2, 0.25) is 0 Å². The number of benzene rings is 1. The van der Waals surface area contributed by atoms with Crippen molar-refractivity contribution < 1.29 is 9.53 Å². The second-order valence-corrected chi connectivity index (χ2v) is 6.37. The van der Waals surface area contributed by atoms with E-state index in [1.807, 2.05) is 46.8 Å². The third-order valence-corrected chi connectivity index (χ3v) is 4.59.